The van der Waals surface area contributed by atoms with E-state index in [1.165, 1.54) is 0 Å². The Morgan fingerprint density at radius 3 is 2.00 bits per heavy atom. The lowest BCUT2D eigenvalue weighted by molar-refractivity contribution is 0.0685. The van der Waals surface area contributed by atoms with Gasteiger partial charge in [0.15, 0.2) is 0 Å². The molecular formula is C28H43N3O3. The number of hydrogen-bond donors (Lipinski definition) is 1. The summed E-state index contributed by atoms with van der Waals surface area (Å²) in [6.07, 6.45) is 0. The maximum Gasteiger partial charge on any atom is 0.339 e. The van der Waals surface area contributed by atoms with Gasteiger partial charge in [-0.1, -0.05) is 71.0 Å². The largest absolute Gasteiger partial charge is 0.491 e. The molecule has 188 valence electrons. The number of hydrogen-bond acceptors (Lipinski definition) is 5. The van der Waals surface area contributed by atoms with Crippen molar-refractivity contribution in [3.05, 3.63) is 54.1 Å². The Morgan fingerprint density at radius 2 is 1.44 bits per heavy atom. The summed E-state index contributed by atoms with van der Waals surface area (Å²) < 4.78 is 6.19. The van der Waals surface area contributed by atoms with Crippen molar-refractivity contribution in [3.8, 4) is 16.9 Å². The lowest BCUT2D eigenvalue weighted by Gasteiger charge is -2.34. The molecule has 34 heavy (non-hydrogen) atoms. The number of carbonyl (C=O) groups is 1. The zero-order chi connectivity index (χ0) is 24.9. The van der Waals surface area contributed by atoms with E-state index in [0.29, 0.717) is 12.4 Å². The molecule has 0 aliphatic carbocycles. The molecule has 0 heterocycles. The minimum atomic E-state index is -0.971. The van der Waals surface area contributed by atoms with Crippen LogP contribution in [-0.2, 0) is 0 Å². The zero-order valence-corrected chi connectivity index (χ0v) is 21.7. The second-order valence-electron chi connectivity index (χ2n) is 8.49. The number of carboxylic acids is 1. The minimum Gasteiger partial charge on any atom is -0.491 e. The van der Waals surface area contributed by atoms with E-state index in [2.05, 4.69) is 49.3 Å². The molecule has 0 spiro atoms. The van der Waals surface area contributed by atoms with E-state index in [4.69, 9.17) is 4.74 Å². The van der Waals surface area contributed by atoms with Gasteiger partial charge in [-0.2, -0.15) is 0 Å². The molecule has 2 rings (SSSR count). The van der Waals surface area contributed by atoms with Crippen LogP contribution >= 0.6 is 0 Å². The molecule has 2 aromatic rings. The fraction of sp³-hybridized carbons (Fsp3) is 0.536. The number of benzene rings is 2. The predicted octanol–water partition coefficient (Wildman–Crippen LogP) is 4.80. The molecule has 2 aromatic carbocycles. The van der Waals surface area contributed by atoms with Gasteiger partial charge in [-0.3, -0.25) is 4.90 Å². The number of rotatable bonds is 16. The quantitative estimate of drug-likeness (QED) is 0.381. The first kappa shape index (κ1) is 27.8. The van der Waals surface area contributed by atoms with Crippen molar-refractivity contribution in [2.75, 3.05) is 59.0 Å². The van der Waals surface area contributed by atoms with Gasteiger partial charge in [-0.25, -0.2) is 4.79 Å². The second-order valence-corrected chi connectivity index (χ2v) is 8.49. The van der Waals surface area contributed by atoms with Crippen molar-refractivity contribution in [2.45, 2.75) is 40.7 Å². The number of carboxylic acid groups (broad SMARTS) is 1. The monoisotopic (exact) mass is 469 g/mol. The van der Waals surface area contributed by atoms with E-state index in [1.807, 2.05) is 36.4 Å². The molecule has 0 fully saturated rings. The summed E-state index contributed by atoms with van der Waals surface area (Å²) >= 11 is 0. The summed E-state index contributed by atoms with van der Waals surface area (Å²) in [5, 5.41) is 9.85. The van der Waals surface area contributed by atoms with E-state index < -0.39 is 5.97 Å². The smallest absolute Gasteiger partial charge is 0.339 e. The van der Waals surface area contributed by atoms with Gasteiger partial charge < -0.3 is 19.6 Å². The van der Waals surface area contributed by atoms with Gasteiger partial charge >= 0.3 is 5.97 Å². The third-order valence-corrected chi connectivity index (χ3v) is 6.62. The Balaban J connectivity index is 2.16. The Labute approximate surface area is 206 Å². The fourth-order valence-electron chi connectivity index (χ4n) is 4.33. The van der Waals surface area contributed by atoms with Crippen LogP contribution in [0.25, 0.3) is 11.1 Å². The Morgan fingerprint density at radius 1 is 0.824 bits per heavy atom. The summed E-state index contributed by atoms with van der Waals surface area (Å²) in [5.74, 6) is -0.544. The Bertz CT molecular complexity index is 851. The molecule has 1 atom stereocenters. The molecule has 0 saturated heterocycles. The van der Waals surface area contributed by atoms with Gasteiger partial charge in [0, 0.05) is 19.6 Å². The SMILES string of the molecule is CCN(CC)CCN(CC)CC(COc1ccc(-c2ccccc2)cc1C(=O)O)N(CC)CC. The molecule has 0 bridgehead atoms. The fourth-order valence-corrected chi connectivity index (χ4v) is 4.33. The normalized spacial score (nSPS) is 12.5. The lowest BCUT2D eigenvalue weighted by Crippen LogP contribution is -2.48. The first-order valence-corrected chi connectivity index (χ1v) is 12.7. The first-order valence-electron chi connectivity index (χ1n) is 12.7. The molecule has 0 radical (unpaired) electrons. The van der Waals surface area contributed by atoms with Crippen LogP contribution in [-0.4, -0.2) is 90.8 Å². The van der Waals surface area contributed by atoms with Crippen molar-refractivity contribution in [3.63, 3.8) is 0 Å². The Hall–Kier alpha value is -2.41. The number of aromatic carboxylic acids is 1. The van der Waals surface area contributed by atoms with Crippen molar-refractivity contribution < 1.29 is 14.6 Å². The van der Waals surface area contributed by atoms with Gasteiger partial charge in [0.2, 0.25) is 0 Å². The molecule has 0 amide bonds. The minimum absolute atomic E-state index is 0.182. The van der Waals surface area contributed by atoms with Crippen LogP contribution in [0.5, 0.6) is 5.75 Å². The molecule has 0 aliphatic heterocycles. The third kappa shape index (κ3) is 8.12. The van der Waals surface area contributed by atoms with E-state index in [9.17, 15) is 9.90 Å². The summed E-state index contributed by atoms with van der Waals surface area (Å²) in [7, 11) is 0. The number of nitrogens with zero attached hydrogens (tertiary/aromatic N) is 3. The third-order valence-electron chi connectivity index (χ3n) is 6.62. The highest BCUT2D eigenvalue weighted by Gasteiger charge is 2.22. The molecule has 0 aromatic heterocycles. The van der Waals surface area contributed by atoms with Gasteiger partial charge in [-0.05, 0) is 56.0 Å². The van der Waals surface area contributed by atoms with Crippen LogP contribution in [0.4, 0.5) is 0 Å². The van der Waals surface area contributed by atoms with Crippen LogP contribution in [0.3, 0.4) is 0 Å². The first-order chi connectivity index (χ1) is 16.5. The summed E-state index contributed by atoms with van der Waals surface area (Å²) in [5.41, 5.74) is 2.07. The van der Waals surface area contributed by atoms with E-state index in [1.54, 1.807) is 12.1 Å². The average Bonchev–Trinajstić information content (AvgIpc) is 2.87. The molecule has 6 heteroatoms. The molecule has 1 N–H and O–H groups in total. The summed E-state index contributed by atoms with van der Waals surface area (Å²) in [6.45, 7) is 19.3. The van der Waals surface area contributed by atoms with E-state index in [0.717, 1.165) is 63.5 Å². The van der Waals surface area contributed by atoms with Crippen LogP contribution in [0.1, 0.15) is 45.0 Å². The zero-order valence-electron chi connectivity index (χ0n) is 21.7. The van der Waals surface area contributed by atoms with Gasteiger partial charge in [0.25, 0.3) is 0 Å². The average molecular weight is 470 g/mol. The number of likely N-dealkylation sites (N-methyl/N-ethyl adjacent to an activating group) is 3. The maximum absolute atomic E-state index is 12.0. The molecule has 0 aliphatic rings. The van der Waals surface area contributed by atoms with Gasteiger partial charge in [-0.15, -0.1) is 0 Å². The van der Waals surface area contributed by atoms with Crippen LogP contribution in [0, 0.1) is 0 Å². The topological polar surface area (TPSA) is 56.3 Å². The van der Waals surface area contributed by atoms with Crippen molar-refractivity contribution in [2.24, 2.45) is 0 Å². The second kappa shape index (κ2) is 14.8. The molecule has 1 unspecified atom stereocenters. The van der Waals surface area contributed by atoms with Crippen LogP contribution in [0.2, 0.25) is 0 Å². The molecule has 0 saturated carbocycles. The summed E-state index contributed by atoms with van der Waals surface area (Å²) in [6, 6.07) is 15.4. The predicted molar refractivity (Wildman–Crippen MR) is 141 cm³/mol. The Kier molecular flexibility index (Phi) is 12.1. The van der Waals surface area contributed by atoms with Gasteiger partial charge in [0.05, 0.1) is 6.04 Å². The summed E-state index contributed by atoms with van der Waals surface area (Å²) in [4.78, 5) is 19.3. The highest BCUT2D eigenvalue weighted by Crippen LogP contribution is 2.27. The number of ether oxygens (including phenoxy) is 1. The van der Waals surface area contributed by atoms with E-state index >= 15 is 0 Å². The van der Waals surface area contributed by atoms with Crippen LogP contribution in [0.15, 0.2) is 48.5 Å². The highest BCUT2D eigenvalue weighted by atomic mass is 16.5. The van der Waals surface area contributed by atoms with E-state index in [-0.39, 0.29) is 11.6 Å². The van der Waals surface area contributed by atoms with Crippen molar-refractivity contribution >= 4 is 5.97 Å². The lowest BCUT2D eigenvalue weighted by atomic mass is 10.0. The maximum atomic E-state index is 12.0. The highest BCUT2D eigenvalue weighted by molar-refractivity contribution is 5.92. The standard InChI is InChI=1S/C28H43N3O3/c1-6-29(7-2)18-19-30(8-3)21-25(31(9-4)10-5)22-34-27-17-16-24(20-26(27)28(32)33)23-14-12-11-13-15-23/h11-17,20,25H,6-10,18-19,21-22H2,1-5H3,(H,32,33). The molecule has 6 nitrogen and oxygen atoms in total. The van der Waals surface area contributed by atoms with Crippen molar-refractivity contribution in [1.82, 2.24) is 14.7 Å². The molecular weight excluding hydrogens is 426 g/mol. The van der Waals surface area contributed by atoms with Crippen LogP contribution < -0.4 is 4.74 Å². The van der Waals surface area contributed by atoms with Gasteiger partial charge in [0.1, 0.15) is 17.9 Å². The van der Waals surface area contributed by atoms with Crippen molar-refractivity contribution in [1.29, 1.82) is 0 Å².